The normalized spacial score (nSPS) is 16.0. The van der Waals surface area contributed by atoms with Gasteiger partial charge in [-0.2, -0.15) is 13.2 Å². The number of carbonyl (C=O) groups is 2. The highest BCUT2D eigenvalue weighted by Gasteiger charge is 2.36. The number of nitrogens with zero attached hydrogens (tertiary/aromatic N) is 1. The van der Waals surface area contributed by atoms with Crippen LogP contribution in [0.4, 0.5) is 23.7 Å². The molecule has 1 aromatic heterocycles. The van der Waals surface area contributed by atoms with Crippen LogP contribution in [0.15, 0.2) is 70.0 Å². The molecule has 0 spiro atoms. The second-order valence-electron chi connectivity index (χ2n) is 6.25. The number of rotatable bonds is 3. The van der Waals surface area contributed by atoms with Gasteiger partial charge in [0.1, 0.15) is 11.5 Å². The molecular weight excluding hydrogens is 439 g/mol. The van der Waals surface area contributed by atoms with Gasteiger partial charge in [-0.1, -0.05) is 29.8 Å². The first-order chi connectivity index (χ1) is 14.2. The third-order valence-corrected chi connectivity index (χ3v) is 5.47. The summed E-state index contributed by atoms with van der Waals surface area (Å²) in [7, 11) is 0. The van der Waals surface area contributed by atoms with Gasteiger partial charge in [-0.15, -0.1) is 0 Å². The molecule has 1 fully saturated rings. The maximum atomic E-state index is 13.0. The van der Waals surface area contributed by atoms with Gasteiger partial charge in [0.25, 0.3) is 11.1 Å². The number of thioether (sulfide) groups is 1. The Morgan fingerprint density at radius 2 is 1.73 bits per heavy atom. The molecule has 30 heavy (non-hydrogen) atoms. The maximum Gasteiger partial charge on any atom is 0.416 e. The summed E-state index contributed by atoms with van der Waals surface area (Å²) < 4.78 is 44.5. The van der Waals surface area contributed by atoms with Crippen molar-refractivity contribution < 1.29 is 27.2 Å². The van der Waals surface area contributed by atoms with E-state index in [-0.39, 0.29) is 27.0 Å². The molecule has 0 radical (unpaired) electrons. The first kappa shape index (κ1) is 20.3. The van der Waals surface area contributed by atoms with E-state index in [0.29, 0.717) is 5.69 Å². The topological polar surface area (TPSA) is 50.5 Å². The minimum atomic E-state index is -4.52. The van der Waals surface area contributed by atoms with Gasteiger partial charge in [-0.3, -0.25) is 9.59 Å². The van der Waals surface area contributed by atoms with E-state index in [1.165, 1.54) is 18.2 Å². The van der Waals surface area contributed by atoms with Gasteiger partial charge in [0, 0.05) is 11.6 Å². The minimum Gasteiger partial charge on any atom is -0.457 e. The summed E-state index contributed by atoms with van der Waals surface area (Å²) in [6.07, 6.45) is -3.15. The van der Waals surface area contributed by atoms with Crippen LogP contribution in [0.5, 0.6) is 0 Å². The second-order valence-corrected chi connectivity index (χ2v) is 7.65. The lowest BCUT2D eigenvalue weighted by Crippen LogP contribution is -2.27. The van der Waals surface area contributed by atoms with Crippen molar-refractivity contribution in [2.45, 2.75) is 6.18 Å². The number of para-hydroxylation sites is 1. The Bertz CT molecular complexity index is 1170. The van der Waals surface area contributed by atoms with Crippen molar-refractivity contribution in [2.24, 2.45) is 0 Å². The third kappa shape index (κ3) is 3.88. The fourth-order valence-electron chi connectivity index (χ4n) is 2.86. The molecule has 1 aliphatic rings. The lowest BCUT2D eigenvalue weighted by Gasteiger charge is -2.11. The van der Waals surface area contributed by atoms with Crippen LogP contribution in [0.25, 0.3) is 17.4 Å². The van der Waals surface area contributed by atoms with E-state index < -0.39 is 22.9 Å². The molecule has 1 aliphatic heterocycles. The van der Waals surface area contributed by atoms with Crippen LogP contribution >= 0.6 is 23.4 Å². The van der Waals surface area contributed by atoms with E-state index in [4.69, 9.17) is 16.0 Å². The summed E-state index contributed by atoms with van der Waals surface area (Å²) in [5, 5.41) is -0.363. The first-order valence-electron chi connectivity index (χ1n) is 8.54. The smallest absolute Gasteiger partial charge is 0.416 e. The SMILES string of the molecule is O=C1S/C(=C\c2ccc(-c3cc(C(F)(F)F)ccc3Cl)o2)C(=O)N1c1ccccc1. The Hall–Kier alpha value is -2.97. The fraction of sp³-hybridized carbons (Fsp3) is 0.0476. The van der Waals surface area contributed by atoms with Crippen molar-refractivity contribution in [3.8, 4) is 11.3 Å². The van der Waals surface area contributed by atoms with Crippen LogP contribution in [-0.4, -0.2) is 11.1 Å². The Balaban J connectivity index is 1.64. The van der Waals surface area contributed by atoms with E-state index in [0.717, 1.165) is 34.9 Å². The molecule has 0 saturated carbocycles. The number of amides is 2. The Kier molecular flexibility index (Phi) is 5.21. The highest BCUT2D eigenvalue weighted by atomic mass is 35.5. The summed E-state index contributed by atoms with van der Waals surface area (Å²) in [6, 6.07) is 14.3. The molecule has 0 bridgehead atoms. The zero-order valence-corrected chi connectivity index (χ0v) is 16.5. The standard InChI is InChI=1S/C21H11ClF3NO3S/c22-16-8-6-12(21(23,24)25)10-15(16)17-9-7-14(29-17)11-18-19(27)26(20(28)30-18)13-4-2-1-3-5-13/h1-11H/b18-11-. The second kappa shape index (κ2) is 7.70. The molecule has 0 unspecified atom stereocenters. The van der Waals surface area contributed by atoms with E-state index >= 15 is 0 Å². The number of halogens is 4. The Morgan fingerprint density at radius 3 is 2.43 bits per heavy atom. The number of furan rings is 1. The van der Waals surface area contributed by atoms with Crippen LogP contribution in [0.3, 0.4) is 0 Å². The fourth-order valence-corrected chi connectivity index (χ4v) is 3.89. The number of benzene rings is 2. The monoisotopic (exact) mass is 449 g/mol. The first-order valence-corrected chi connectivity index (χ1v) is 9.73. The van der Waals surface area contributed by atoms with E-state index in [2.05, 4.69) is 0 Å². The molecule has 0 atom stereocenters. The van der Waals surface area contributed by atoms with Gasteiger partial charge in [-0.25, -0.2) is 4.90 Å². The summed E-state index contributed by atoms with van der Waals surface area (Å²) >= 11 is 6.79. The van der Waals surface area contributed by atoms with Gasteiger partial charge in [0.05, 0.1) is 21.2 Å². The van der Waals surface area contributed by atoms with Crippen molar-refractivity contribution in [1.82, 2.24) is 0 Å². The lowest BCUT2D eigenvalue weighted by molar-refractivity contribution is -0.137. The number of alkyl halides is 3. The maximum absolute atomic E-state index is 13.0. The van der Waals surface area contributed by atoms with Crippen molar-refractivity contribution in [3.63, 3.8) is 0 Å². The largest absolute Gasteiger partial charge is 0.457 e. The van der Waals surface area contributed by atoms with Crippen LogP contribution in [0, 0.1) is 0 Å². The van der Waals surface area contributed by atoms with E-state index in [1.807, 2.05) is 0 Å². The summed E-state index contributed by atoms with van der Waals surface area (Å²) in [5.74, 6) is -0.192. The predicted molar refractivity (Wildman–Crippen MR) is 109 cm³/mol. The average molecular weight is 450 g/mol. The Morgan fingerprint density at radius 1 is 1.00 bits per heavy atom. The van der Waals surface area contributed by atoms with Gasteiger partial charge in [0.2, 0.25) is 0 Å². The van der Waals surface area contributed by atoms with Crippen molar-refractivity contribution in [2.75, 3.05) is 4.90 Å². The number of anilines is 1. The molecule has 1 saturated heterocycles. The number of carbonyl (C=O) groups excluding carboxylic acids is 2. The zero-order chi connectivity index (χ0) is 21.5. The van der Waals surface area contributed by atoms with Crippen molar-refractivity contribution >= 4 is 46.3 Å². The molecule has 4 nitrogen and oxygen atoms in total. The van der Waals surface area contributed by atoms with Gasteiger partial charge >= 0.3 is 6.18 Å². The van der Waals surface area contributed by atoms with Crippen LogP contribution in [0.1, 0.15) is 11.3 Å². The highest BCUT2D eigenvalue weighted by Crippen LogP contribution is 2.38. The lowest BCUT2D eigenvalue weighted by atomic mass is 10.1. The molecular formula is C21H11ClF3NO3S. The minimum absolute atomic E-state index is 0.0727. The average Bonchev–Trinajstić information content (AvgIpc) is 3.26. The van der Waals surface area contributed by atoms with Crippen LogP contribution < -0.4 is 4.90 Å². The molecule has 2 heterocycles. The molecule has 2 amide bonds. The van der Waals surface area contributed by atoms with Crippen molar-refractivity contribution in [1.29, 1.82) is 0 Å². The summed E-state index contributed by atoms with van der Waals surface area (Å²) in [4.78, 5) is 26.1. The molecule has 3 aromatic rings. The zero-order valence-electron chi connectivity index (χ0n) is 14.9. The van der Waals surface area contributed by atoms with Crippen LogP contribution in [0.2, 0.25) is 5.02 Å². The predicted octanol–water partition coefficient (Wildman–Crippen LogP) is 6.86. The number of hydrogen-bond donors (Lipinski definition) is 0. The summed E-state index contributed by atoms with van der Waals surface area (Å²) in [5.41, 5.74) is -0.341. The Labute approximate surface area is 177 Å². The molecule has 9 heteroatoms. The highest BCUT2D eigenvalue weighted by molar-refractivity contribution is 8.19. The number of imide groups is 1. The third-order valence-electron chi connectivity index (χ3n) is 4.27. The molecule has 0 N–H and O–H groups in total. The van der Waals surface area contributed by atoms with Gasteiger partial charge < -0.3 is 4.42 Å². The molecule has 152 valence electrons. The van der Waals surface area contributed by atoms with Gasteiger partial charge in [0.15, 0.2) is 0 Å². The number of hydrogen-bond acceptors (Lipinski definition) is 4. The van der Waals surface area contributed by atoms with E-state index in [9.17, 15) is 22.8 Å². The quantitative estimate of drug-likeness (QED) is 0.410. The van der Waals surface area contributed by atoms with Crippen LogP contribution in [-0.2, 0) is 11.0 Å². The van der Waals surface area contributed by atoms with Crippen molar-refractivity contribution in [3.05, 3.63) is 81.9 Å². The van der Waals surface area contributed by atoms with Gasteiger partial charge in [-0.05, 0) is 54.2 Å². The summed E-state index contributed by atoms with van der Waals surface area (Å²) in [6.45, 7) is 0. The van der Waals surface area contributed by atoms with E-state index in [1.54, 1.807) is 30.3 Å². The molecule has 0 aliphatic carbocycles. The molecule has 2 aromatic carbocycles. The molecule has 4 rings (SSSR count).